The van der Waals surface area contributed by atoms with Gasteiger partial charge >= 0.3 is 13.4 Å². The van der Waals surface area contributed by atoms with Crippen molar-refractivity contribution in [1.82, 2.24) is 14.2 Å². The molecule has 0 aliphatic carbocycles. The molecule has 0 spiro atoms. The molecule has 3 heterocycles. The molecule has 2 aliphatic rings. The second-order valence-electron chi connectivity index (χ2n) is 5.99. The van der Waals surface area contributed by atoms with E-state index in [-0.39, 0.29) is 13.2 Å². The van der Waals surface area contributed by atoms with Crippen LogP contribution >= 0.6 is 7.75 Å². The highest BCUT2D eigenvalue weighted by atomic mass is 31.2. The number of hydrogen-bond donors (Lipinski definition) is 2. The van der Waals surface area contributed by atoms with Crippen LogP contribution in [0.1, 0.15) is 6.23 Å². The smallest absolute Gasteiger partial charge is 0.382 e. The Morgan fingerprint density at radius 1 is 1.48 bits per heavy atom. The van der Waals surface area contributed by atoms with Gasteiger partial charge in [0.15, 0.2) is 6.23 Å². The lowest BCUT2D eigenvalue weighted by Gasteiger charge is -2.31. The minimum absolute atomic E-state index is 0.0713. The van der Waals surface area contributed by atoms with E-state index < -0.39 is 43.0 Å². The molecule has 2 unspecified atom stereocenters. The summed E-state index contributed by atoms with van der Waals surface area (Å²) < 4.78 is 35.6. The van der Waals surface area contributed by atoms with E-state index in [0.717, 1.165) is 11.7 Å². The Kier molecular flexibility index (Phi) is 4.75. The van der Waals surface area contributed by atoms with E-state index in [0.29, 0.717) is 0 Å². The topological polar surface area (TPSA) is 130 Å². The third kappa shape index (κ3) is 3.02. The van der Waals surface area contributed by atoms with E-state index in [1.54, 1.807) is 0 Å². The Morgan fingerprint density at radius 3 is 2.84 bits per heavy atom. The summed E-state index contributed by atoms with van der Waals surface area (Å²) >= 11 is 0. The molecule has 12 heteroatoms. The normalized spacial score (nSPS) is 33.5. The number of rotatable bonds is 6. The van der Waals surface area contributed by atoms with Crippen LogP contribution in [-0.2, 0) is 30.3 Å². The number of nitrogens with one attached hydrogen (secondary N) is 1. The summed E-state index contributed by atoms with van der Waals surface area (Å²) in [5.41, 5.74) is -2.11. The Hall–Kier alpha value is -1.33. The summed E-state index contributed by atoms with van der Waals surface area (Å²) in [6.45, 7) is 0.186. The number of methoxy groups -OCH3 is 1. The van der Waals surface area contributed by atoms with Gasteiger partial charge in [-0.15, -0.1) is 0 Å². The van der Waals surface area contributed by atoms with Gasteiger partial charge in [0.1, 0.15) is 11.7 Å². The highest BCUT2D eigenvalue weighted by Crippen LogP contribution is 2.49. The van der Waals surface area contributed by atoms with Gasteiger partial charge in [-0.2, -0.15) is 0 Å². The minimum Gasteiger partial charge on any atom is -0.382 e. The predicted octanol–water partition coefficient (Wildman–Crippen LogP) is -1.44. The van der Waals surface area contributed by atoms with Gasteiger partial charge in [0.05, 0.1) is 19.3 Å². The van der Waals surface area contributed by atoms with Gasteiger partial charge in [0.2, 0.25) is 0 Å². The molecule has 3 rings (SSSR count). The fourth-order valence-electron chi connectivity index (χ4n) is 3.21. The third-order valence-corrected chi connectivity index (χ3v) is 5.58. The summed E-state index contributed by atoms with van der Waals surface area (Å²) in [7, 11) is -0.166. The first kappa shape index (κ1) is 18.5. The van der Waals surface area contributed by atoms with E-state index in [9.17, 15) is 19.0 Å². The molecular formula is C13H20N3O8P. The molecule has 1 aromatic rings. The van der Waals surface area contributed by atoms with Crippen LogP contribution in [-0.4, -0.2) is 59.2 Å². The van der Waals surface area contributed by atoms with Crippen molar-refractivity contribution in [1.29, 1.82) is 0 Å². The second-order valence-corrected chi connectivity index (χ2v) is 7.66. The van der Waals surface area contributed by atoms with Gasteiger partial charge < -0.3 is 23.6 Å². The molecule has 2 bridgehead atoms. The fraction of sp³-hybridized carbons (Fsp3) is 0.692. The van der Waals surface area contributed by atoms with E-state index in [4.69, 9.17) is 14.2 Å². The maximum absolute atomic E-state index is 12.4. The van der Waals surface area contributed by atoms with Gasteiger partial charge in [-0.3, -0.25) is 13.9 Å². The quantitative estimate of drug-likeness (QED) is 0.573. The first-order valence-electron chi connectivity index (χ1n) is 7.47. The van der Waals surface area contributed by atoms with Crippen molar-refractivity contribution < 1.29 is 28.2 Å². The Balaban J connectivity index is 2.00. The van der Waals surface area contributed by atoms with Crippen LogP contribution in [0, 0.1) is 0 Å². The molecule has 140 valence electrons. The van der Waals surface area contributed by atoms with E-state index >= 15 is 0 Å². The number of fused-ring (bicyclic) bond motifs is 2. The lowest BCUT2D eigenvalue weighted by molar-refractivity contribution is -0.188. The molecule has 0 amide bonds. The molecule has 2 fully saturated rings. The lowest BCUT2D eigenvalue weighted by Crippen LogP contribution is -2.50. The van der Waals surface area contributed by atoms with Crippen LogP contribution in [0.4, 0.5) is 0 Å². The van der Waals surface area contributed by atoms with Gasteiger partial charge in [-0.1, -0.05) is 0 Å². The Morgan fingerprint density at radius 2 is 2.20 bits per heavy atom. The molecule has 25 heavy (non-hydrogen) atoms. The average molecular weight is 377 g/mol. The van der Waals surface area contributed by atoms with Crippen LogP contribution in [0.5, 0.6) is 0 Å². The van der Waals surface area contributed by atoms with Crippen LogP contribution in [0.25, 0.3) is 0 Å². The Labute approximate surface area is 142 Å². The molecule has 5 atom stereocenters. The van der Waals surface area contributed by atoms with Crippen LogP contribution in [0.15, 0.2) is 21.9 Å². The molecule has 11 nitrogen and oxygen atoms in total. The van der Waals surface area contributed by atoms with Gasteiger partial charge in [0, 0.05) is 33.5 Å². The zero-order valence-corrected chi connectivity index (χ0v) is 14.8. The van der Waals surface area contributed by atoms with Crippen molar-refractivity contribution in [3.8, 4) is 0 Å². The molecule has 2 N–H and O–H groups in total. The largest absolute Gasteiger partial charge is 0.403 e. The maximum Gasteiger partial charge on any atom is 0.403 e. The Bertz CT molecular complexity index is 822. The van der Waals surface area contributed by atoms with E-state index in [1.807, 2.05) is 0 Å². The highest BCUT2D eigenvalue weighted by Gasteiger charge is 2.63. The third-order valence-electron chi connectivity index (χ3n) is 4.48. The summed E-state index contributed by atoms with van der Waals surface area (Å²) in [5, 5.41) is 2.51. The molecule has 2 saturated heterocycles. The number of hydrogen-bond acceptors (Lipinski definition) is 7. The van der Waals surface area contributed by atoms with Crippen LogP contribution in [0.3, 0.4) is 0 Å². The van der Waals surface area contributed by atoms with E-state index in [2.05, 4.69) is 9.61 Å². The molecule has 0 aromatic carbocycles. The maximum atomic E-state index is 12.4. The van der Waals surface area contributed by atoms with Crippen molar-refractivity contribution in [2.45, 2.75) is 24.0 Å². The average Bonchev–Trinajstić information content (AvgIpc) is 3.04. The van der Waals surface area contributed by atoms with Crippen molar-refractivity contribution in [2.24, 2.45) is 7.05 Å². The standard InChI is InChI=1S/C13H20N3O8P/c1-15-8(17)4-5-16(12(15)18)11-9-10(14-25(19,20)22-3)13(24-11,6-21-2)7-23-9/h4-5,9-11H,6-7H2,1-3H3,(H2,14,19,20)/t9-,10-,11?,13-/m0/s1. The minimum atomic E-state index is -4.08. The predicted molar refractivity (Wildman–Crippen MR) is 84.2 cm³/mol. The zero-order chi connectivity index (χ0) is 18.4. The van der Waals surface area contributed by atoms with Crippen molar-refractivity contribution in [2.75, 3.05) is 27.4 Å². The van der Waals surface area contributed by atoms with Crippen LogP contribution in [0.2, 0.25) is 0 Å². The molecule has 1 aromatic heterocycles. The SMILES string of the molecule is COC[C@@]12CO[C@H](C(n3ccc(=O)n(C)c3=O)O1)[C@@H]2NP(=O)(O)OC. The summed E-state index contributed by atoms with van der Waals surface area (Å²) in [4.78, 5) is 33.7. The summed E-state index contributed by atoms with van der Waals surface area (Å²) in [6.07, 6.45) is -0.329. The second kappa shape index (κ2) is 6.44. The first-order chi connectivity index (χ1) is 11.7. The fourth-order valence-corrected chi connectivity index (χ4v) is 4.05. The summed E-state index contributed by atoms with van der Waals surface area (Å²) in [6, 6.07) is 0.478. The highest BCUT2D eigenvalue weighted by molar-refractivity contribution is 7.50. The summed E-state index contributed by atoms with van der Waals surface area (Å²) in [5.74, 6) is 0. The molecule has 2 aliphatic heterocycles. The van der Waals surface area contributed by atoms with Gasteiger partial charge in [-0.25, -0.2) is 14.4 Å². The first-order valence-corrected chi connectivity index (χ1v) is 9.05. The van der Waals surface area contributed by atoms with Crippen LogP contribution < -0.4 is 16.3 Å². The van der Waals surface area contributed by atoms with Crippen molar-refractivity contribution >= 4 is 7.75 Å². The van der Waals surface area contributed by atoms with Crippen molar-refractivity contribution in [3.05, 3.63) is 33.1 Å². The van der Waals surface area contributed by atoms with E-state index in [1.165, 1.54) is 31.0 Å². The lowest BCUT2D eigenvalue weighted by atomic mass is 9.98. The number of aromatic nitrogens is 2. The molecule has 0 radical (unpaired) electrons. The number of nitrogens with zero attached hydrogens (tertiary/aromatic N) is 2. The molecular weight excluding hydrogens is 357 g/mol. The number of ether oxygens (including phenoxy) is 3. The van der Waals surface area contributed by atoms with Gasteiger partial charge in [-0.05, 0) is 0 Å². The monoisotopic (exact) mass is 377 g/mol. The van der Waals surface area contributed by atoms with Crippen molar-refractivity contribution in [3.63, 3.8) is 0 Å². The van der Waals surface area contributed by atoms with Gasteiger partial charge in [0.25, 0.3) is 5.56 Å². The zero-order valence-electron chi connectivity index (χ0n) is 13.9. The molecule has 0 saturated carbocycles.